The molecule has 0 spiro atoms. The van der Waals surface area contributed by atoms with Gasteiger partial charge < -0.3 is 0 Å². The first kappa shape index (κ1) is 4.70. The fourth-order valence-corrected chi connectivity index (χ4v) is 11.4. The van der Waals surface area contributed by atoms with Crippen molar-refractivity contribution in [3.63, 3.8) is 0 Å². The number of hydrogen-bond donors (Lipinski definition) is 1. The van der Waals surface area contributed by atoms with Gasteiger partial charge in [0.1, 0.15) is 0 Å². The Kier molecular flexibility index (Phi) is 0.627. The molecule has 2 aliphatic heterocycles. The summed E-state index contributed by atoms with van der Waals surface area (Å²) in [6.45, 7) is 2.10. The van der Waals surface area contributed by atoms with Crippen LogP contribution in [0.25, 0.3) is 0 Å². The molecular formula is C3H6OS3. The maximum absolute atomic E-state index is 10.9. The predicted octanol–water partition coefficient (Wildman–Crippen LogP) is 1.39. The van der Waals surface area contributed by atoms with Gasteiger partial charge in [0.05, 0.1) is 0 Å². The lowest BCUT2D eigenvalue weighted by Gasteiger charge is -1.82. The Morgan fingerprint density at radius 1 is 1.71 bits per heavy atom. The first-order valence-electron chi connectivity index (χ1n) is 2.24. The van der Waals surface area contributed by atoms with Gasteiger partial charge in [-0.25, -0.2) is 0 Å². The molecular weight excluding hydrogens is 148 g/mol. The minimum atomic E-state index is -1.52. The van der Waals surface area contributed by atoms with E-state index >= 15 is 0 Å². The maximum Gasteiger partial charge on any atom is 0.153 e. The SMILES string of the molecule is CCC12S[SH]1(=O)S2. The molecule has 0 radical (unpaired) electrons. The highest BCUT2D eigenvalue weighted by atomic mass is 33.6. The zero-order valence-corrected chi connectivity index (χ0v) is 6.41. The third kappa shape index (κ3) is 0.371. The molecule has 4 heteroatoms. The van der Waals surface area contributed by atoms with E-state index in [0.717, 1.165) is 6.42 Å². The van der Waals surface area contributed by atoms with Crippen LogP contribution in [0.2, 0.25) is 0 Å². The second-order valence-corrected chi connectivity index (χ2v) is 11.0. The van der Waals surface area contributed by atoms with Gasteiger partial charge in [0.2, 0.25) is 0 Å². The van der Waals surface area contributed by atoms with Crippen LogP contribution in [0, 0.1) is 0 Å². The number of rotatable bonds is 1. The van der Waals surface area contributed by atoms with Crippen molar-refractivity contribution in [3.05, 3.63) is 0 Å². The van der Waals surface area contributed by atoms with Crippen molar-refractivity contribution < 1.29 is 4.21 Å². The lowest BCUT2D eigenvalue weighted by atomic mass is 10.6. The number of fused-ring (bicyclic) bond motifs is 1. The van der Waals surface area contributed by atoms with E-state index in [2.05, 4.69) is 6.92 Å². The number of hydrogen-bond acceptors (Lipinski definition) is 3. The average Bonchev–Trinajstić information content (AvgIpc) is 2.24. The van der Waals surface area contributed by atoms with E-state index in [1.807, 2.05) is 0 Å². The van der Waals surface area contributed by atoms with Crippen molar-refractivity contribution >= 4 is 29.6 Å². The van der Waals surface area contributed by atoms with Gasteiger partial charge in [0, 0.05) is 8.00 Å². The first-order valence-corrected chi connectivity index (χ1v) is 6.79. The zero-order chi connectivity index (χ0) is 5.12. The molecule has 0 saturated carbocycles. The summed E-state index contributed by atoms with van der Waals surface area (Å²) in [4.78, 5) is 0. The van der Waals surface area contributed by atoms with Crippen molar-refractivity contribution in [1.82, 2.24) is 0 Å². The largest absolute Gasteiger partial charge is 0.263 e. The molecule has 7 heavy (non-hydrogen) atoms. The van der Waals surface area contributed by atoms with Crippen LogP contribution in [-0.4, -0.2) is 7.62 Å². The molecule has 2 saturated heterocycles. The number of thiol groups is 1. The van der Waals surface area contributed by atoms with Crippen LogP contribution >= 0.6 is 21.6 Å². The predicted molar refractivity (Wildman–Crippen MR) is 37.7 cm³/mol. The molecule has 0 amide bonds. The molecule has 2 rings (SSSR count). The van der Waals surface area contributed by atoms with E-state index in [4.69, 9.17) is 0 Å². The van der Waals surface area contributed by atoms with Crippen molar-refractivity contribution in [3.8, 4) is 0 Å². The molecule has 0 unspecified atom stereocenters. The highest BCUT2D eigenvalue weighted by Gasteiger charge is 2.79. The van der Waals surface area contributed by atoms with Crippen LogP contribution < -0.4 is 0 Å². The van der Waals surface area contributed by atoms with Crippen molar-refractivity contribution in [2.75, 3.05) is 0 Å². The fourth-order valence-electron chi connectivity index (χ4n) is 0.664. The molecule has 2 heterocycles. The molecule has 0 bridgehead atoms. The van der Waals surface area contributed by atoms with E-state index in [-0.39, 0.29) is 3.41 Å². The van der Waals surface area contributed by atoms with Crippen LogP contribution in [0.15, 0.2) is 0 Å². The monoisotopic (exact) mass is 154 g/mol. The smallest absolute Gasteiger partial charge is 0.153 e. The van der Waals surface area contributed by atoms with E-state index in [0.29, 0.717) is 0 Å². The topological polar surface area (TPSA) is 17.1 Å². The second kappa shape index (κ2) is 0.933. The molecule has 42 valence electrons. The Morgan fingerprint density at radius 3 is 2.14 bits per heavy atom. The van der Waals surface area contributed by atoms with Crippen LogP contribution in [0.5, 0.6) is 0 Å². The second-order valence-electron chi connectivity index (χ2n) is 1.75. The van der Waals surface area contributed by atoms with Gasteiger partial charge in [0.25, 0.3) is 0 Å². The van der Waals surface area contributed by atoms with Gasteiger partial charge in [-0.3, -0.25) is 4.21 Å². The summed E-state index contributed by atoms with van der Waals surface area (Å²) in [5.41, 5.74) is 0. The summed E-state index contributed by atoms with van der Waals surface area (Å²) in [5.74, 6) is 0. The normalized spacial score (nSPS) is 55.0. The summed E-state index contributed by atoms with van der Waals surface area (Å²) in [6.07, 6.45) is 1.10. The average molecular weight is 154 g/mol. The minimum Gasteiger partial charge on any atom is -0.263 e. The summed E-state index contributed by atoms with van der Waals surface area (Å²) in [6, 6.07) is 0. The molecule has 0 atom stereocenters. The van der Waals surface area contributed by atoms with Crippen LogP contribution in [0.4, 0.5) is 0 Å². The highest BCUT2D eigenvalue weighted by Crippen LogP contribution is 2.93. The molecule has 0 aromatic rings. The lowest BCUT2D eigenvalue weighted by molar-refractivity contribution is 0.692. The molecule has 0 aromatic carbocycles. The summed E-state index contributed by atoms with van der Waals surface area (Å²) in [5, 5.41) is 0. The van der Waals surface area contributed by atoms with Gasteiger partial charge >= 0.3 is 0 Å². The Hall–Kier alpha value is 0.850. The zero-order valence-electron chi connectivity index (χ0n) is 3.88. The third-order valence-corrected chi connectivity index (χ3v) is 12.9. The Balaban J connectivity index is 2.28. The molecule has 0 aliphatic carbocycles. The quantitative estimate of drug-likeness (QED) is 0.349. The fraction of sp³-hybridized carbons (Fsp3) is 1.00. The van der Waals surface area contributed by atoms with Gasteiger partial charge in [-0.1, -0.05) is 6.92 Å². The molecule has 2 aliphatic rings. The molecule has 2 fully saturated rings. The van der Waals surface area contributed by atoms with Crippen molar-refractivity contribution in [2.45, 2.75) is 16.8 Å². The maximum atomic E-state index is 10.9. The highest BCUT2D eigenvalue weighted by molar-refractivity contribution is 9.38. The molecule has 0 aromatic heterocycles. The summed E-state index contributed by atoms with van der Waals surface area (Å²) < 4.78 is 11.2. The van der Waals surface area contributed by atoms with Gasteiger partial charge in [-0.05, 0) is 28.0 Å². The van der Waals surface area contributed by atoms with Crippen LogP contribution in [0.3, 0.4) is 0 Å². The van der Waals surface area contributed by atoms with Crippen LogP contribution in [0.1, 0.15) is 13.3 Å². The van der Waals surface area contributed by atoms with Gasteiger partial charge in [0.15, 0.2) is 3.41 Å². The van der Waals surface area contributed by atoms with Gasteiger partial charge in [-0.15, -0.1) is 0 Å². The summed E-state index contributed by atoms with van der Waals surface area (Å²) in [7, 11) is 1.86. The first-order chi connectivity index (χ1) is 3.22. The molecule has 0 N–H and O–H groups in total. The van der Waals surface area contributed by atoms with Crippen LogP contribution in [-0.2, 0) is 8.00 Å². The molecule has 1 nitrogen and oxygen atoms in total. The van der Waals surface area contributed by atoms with E-state index in [1.54, 1.807) is 21.6 Å². The van der Waals surface area contributed by atoms with E-state index in [1.165, 1.54) is 0 Å². The Labute approximate surface area is 50.8 Å². The van der Waals surface area contributed by atoms with Crippen molar-refractivity contribution in [1.29, 1.82) is 0 Å². The van der Waals surface area contributed by atoms with E-state index < -0.39 is 8.00 Å². The van der Waals surface area contributed by atoms with Crippen molar-refractivity contribution in [2.24, 2.45) is 0 Å². The Morgan fingerprint density at radius 2 is 2.14 bits per heavy atom. The van der Waals surface area contributed by atoms with E-state index in [9.17, 15) is 4.21 Å². The minimum absolute atomic E-state index is 0.285. The Bertz CT molecular complexity index is 154. The third-order valence-electron chi connectivity index (χ3n) is 1.32. The lowest BCUT2D eigenvalue weighted by Crippen LogP contribution is -1.79. The standard InChI is InChI=1S/C3H6OS3/c1-2-3-5-7(3,4)6-3/h7H,2H2,1H3. The summed E-state index contributed by atoms with van der Waals surface area (Å²) >= 11 is 0. The van der Waals surface area contributed by atoms with Gasteiger partial charge in [-0.2, -0.15) is 0 Å².